The molecule has 19 heavy (non-hydrogen) atoms. The first-order valence-electron chi connectivity index (χ1n) is 6.23. The molecule has 0 radical (unpaired) electrons. The Morgan fingerprint density at radius 1 is 1.16 bits per heavy atom. The second-order valence-electron chi connectivity index (χ2n) is 4.72. The lowest BCUT2D eigenvalue weighted by atomic mass is 10.00. The van der Waals surface area contributed by atoms with Gasteiger partial charge in [0.1, 0.15) is 5.15 Å². The maximum absolute atomic E-state index is 5.80. The fraction of sp³-hybridized carbons (Fsp3) is 0.200. The van der Waals surface area contributed by atoms with Crippen molar-refractivity contribution in [3.8, 4) is 0 Å². The molecule has 4 heteroatoms. The van der Waals surface area contributed by atoms with Crippen molar-refractivity contribution >= 4 is 17.3 Å². The lowest BCUT2D eigenvalue weighted by Crippen LogP contribution is -2.10. The minimum absolute atomic E-state index is 0.182. The van der Waals surface area contributed by atoms with E-state index in [-0.39, 0.29) is 6.04 Å². The topological polar surface area (TPSA) is 37.3 Å². The summed E-state index contributed by atoms with van der Waals surface area (Å²) in [4.78, 5) is 4.11. The van der Waals surface area contributed by atoms with Crippen molar-refractivity contribution in [2.75, 3.05) is 0 Å². The van der Waals surface area contributed by atoms with Gasteiger partial charge in [0, 0.05) is 12.6 Å². The SMILES string of the molecule is Cc1ccc(C2=NNC(c3ccc(Cl)nc3)C2)cc1. The molecule has 96 valence electrons. The number of nitrogens with zero attached hydrogens (tertiary/aromatic N) is 2. The van der Waals surface area contributed by atoms with Gasteiger partial charge in [0.15, 0.2) is 0 Å². The van der Waals surface area contributed by atoms with E-state index in [9.17, 15) is 0 Å². The molecular weight excluding hydrogens is 258 g/mol. The Kier molecular flexibility index (Phi) is 3.22. The van der Waals surface area contributed by atoms with E-state index in [1.165, 1.54) is 11.1 Å². The molecule has 0 spiro atoms. The summed E-state index contributed by atoms with van der Waals surface area (Å²) in [5.74, 6) is 0. The van der Waals surface area contributed by atoms with Gasteiger partial charge >= 0.3 is 0 Å². The number of aromatic nitrogens is 1. The summed E-state index contributed by atoms with van der Waals surface area (Å²) in [5.41, 5.74) is 7.78. The Morgan fingerprint density at radius 2 is 1.95 bits per heavy atom. The lowest BCUT2D eigenvalue weighted by molar-refractivity contribution is 0.618. The highest BCUT2D eigenvalue weighted by Gasteiger charge is 2.21. The zero-order valence-electron chi connectivity index (χ0n) is 10.6. The van der Waals surface area contributed by atoms with Gasteiger partial charge in [-0.3, -0.25) is 0 Å². The first-order chi connectivity index (χ1) is 9.22. The minimum atomic E-state index is 0.182. The number of rotatable bonds is 2. The third-order valence-electron chi connectivity index (χ3n) is 3.29. The Hall–Kier alpha value is -1.87. The van der Waals surface area contributed by atoms with Crippen molar-refractivity contribution in [1.29, 1.82) is 0 Å². The number of hydrogen-bond donors (Lipinski definition) is 1. The Bertz CT molecular complexity index is 602. The number of aryl methyl sites for hydroxylation is 1. The molecular formula is C15H14ClN3. The number of hydrazone groups is 1. The summed E-state index contributed by atoms with van der Waals surface area (Å²) >= 11 is 5.80. The molecule has 0 aliphatic carbocycles. The average Bonchev–Trinajstić information content (AvgIpc) is 2.90. The number of nitrogens with one attached hydrogen (secondary N) is 1. The van der Waals surface area contributed by atoms with Crippen LogP contribution >= 0.6 is 11.6 Å². The fourth-order valence-corrected chi connectivity index (χ4v) is 2.27. The quantitative estimate of drug-likeness (QED) is 0.849. The normalized spacial score (nSPS) is 18.0. The van der Waals surface area contributed by atoms with Crippen LogP contribution in [-0.2, 0) is 0 Å². The summed E-state index contributed by atoms with van der Waals surface area (Å²) in [5, 5.41) is 4.94. The highest BCUT2D eigenvalue weighted by atomic mass is 35.5. The van der Waals surface area contributed by atoms with E-state index in [0.717, 1.165) is 17.7 Å². The third-order valence-corrected chi connectivity index (χ3v) is 3.51. The van der Waals surface area contributed by atoms with Crippen LogP contribution in [0.4, 0.5) is 0 Å². The molecule has 1 atom stereocenters. The zero-order chi connectivity index (χ0) is 13.2. The molecule has 3 rings (SSSR count). The van der Waals surface area contributed by atoms with Crippen molar-refractivity contribution < 1.29 is 0 Å². The van der Waals surface area contributed by atoms with Gasteiger partial charge in [-0.1, -0.05) is 47.5 Å². The van der Waals surface area contributed by atoms with Gasteiger partial charge in [-0.15, -0.1) is 0 Å². The minimum Gasteiger partial charge on any atom is -0.302 e. The molecule has 1 N–H and O–H groups in total. The van der Waals surface area contributed by atoms with Gasteiger partial charge in [0.05, 0.1) is 11.8 Å². The van der Waals surface area contributed by atoms with Crippen LogP contribution in [-0.4, -0.2) is 10.7 Å². The standard InChI is InChI=1S/C15H14ClN3/c1-10-2-4-11(5-3-10)13-8-14(19-18-13)12-6-7-15(16)17-9-12/h2-7,9,14,19H,8H2,1H3. The predicted octanol–water partition coefficient (Wildman–Crippen LogP) is 3.48. The van der Waals surface area contributed by atoms with E-state index in [1.54, 1.807) is 6.20 Å². The second kappa shape index (κ2) is 5.02. The lowest BCUT2D eigenvalue weighted by Gasteiger charge is -2.09. The zero-order valence-corrected chi connectivity index (χ0v) is 11.4. The monoisotopic (exact) mass is 271 g/mol. The van der Waals surface area contributed by atoms with Crippen molar-refractivity contribution in [2.45, 2.75) is 19.4 Å². The van der Waals surface area contributed by atoms with Crippen LogP contribution in [0.3, 0.4) is 0 Å². The van der Waals surface area contributed by atoms with Gasteiger partial charge in [-0.2, -0.15) is 5.10 Å². The highest BCUT2D eigenvalue weighted by Crippen LogP contribution is 2.24. The van der Waals surface area contributed by atoms with Gasteiger partial charge in [0.25, 0.3) is 0 Å². The molecule has 0 bridgehead atoms. The van der Waals surface area contributed by atoms with E-state index in [0.29, 0.717) is 5.15 Å². The molecule has 0 amide bonds. The number of pyridine rings is 1. The number of halogens is 1. The van der Waals surface area contributed by atoms with Crippen LogP contribution in [0.25, 0.3) is 0 Å². The molecule has 0 saturated heterocycles. The number of benzene rings is 1. The first kappa shape index (κ1) is 12.2. The predicted molar refractivity (Wildman–Crippen MR) is 77.5 cm³/mol. The Labute approximate surface area is 117 Å². The maximum atomic E-state index is 5.80. The van der Waals surface area contributed by atoms with Crippen molar-refractivity contribution in [3.05, 3.63) is 64.4 Å². The Balaban J connectivity index is 1.76. The van der Waals surface area contributed by atoms with E-state index in [2.05, 4.69) is 46.7 Å². The van der Waals surface area contributed by atoms with Crippen LogP contribution in [0, 0.1) is 6.92 Å². The highest BCUT2D eigenvalue weighted by molar-refractivity contribution is 6.29. The van der Waals surface area contributed by atoms with Gasteiger partial charge in [-0.05, 0) is 24.1 Å². The molecule has 1 aromatic carbocycles. The molecule has 3 nitrogen and oxygen atoms in total. The molecule has 1 unspecified atom stereocenters. The van der Waals surface area contributed by atoms with Crippen molar-refractivity contribution in [2.24, 2.45) is 5.10 Å². The third kappa shape index (κ3) is 2.61. The number of hydrogen-bond acceptors (Lipinski definition) is 3. The molecule has 1 aliphatic rings. The molecule has 1 aliphatic heterocycles. The first-order valence-corrected chi connectivity index (χ1v) is 6.61. The van der Waals surface area contributed by atoms with E-state index in [1.807, 2.05) is 12.1 Å². The van der Waals surface area contributed by atoms with Crippen LogP contribution in [0.15, 0.2) is 47.7 Å². The summed E-state index contributed by atoms with van der Waals surface area (Å²) < 4.78 is 0. The summed E-state index contributed by atoms with van der Waals surface area (Å²) in [7, 11) is 0. The second-order valence-corrected chi connectivity index (χ2v) is 5.11. The molecule has 2 aromatic rings. The van der Waals surface area contributed by atoms with Gasteiger partial charge < -0.3 is 5.43 Å². The van der Waals surface area contributed by atoms with E-state index >= 15 is 0 Å². The van der Waals surface area contributed by atoms with Crippen molar-refractivity contribution in [3.63, 3.8) is 0 Å². The summed E-state index contributed by atoms with van der Waals surface area (Å²) in [6.07, 6.45) is 2.67. The summed E-state index contributed by atoms with van der Waals surface area (Å²) in [6, 6.07) is 12.4. The fourth-order valence-electron chi connectivity index (χ4n) is 2.15. The maximum Gasteiger partial charge on any atom is 0.129 e. The average molecular weight is 272 g/mol. The van der Waals surface area contributed by atoms with E-state index in [4.69, 9.17) is 11.6 Å². The van der Waals surface area contributed by atoms with Crippen LogP contribution < -0.4 is 5.43 Å². The van der Waals surface area contributed by atoms with Gasteiger partial charge in [0.2, 0.25) is 0 Å². The van der Waals surface area contributed by atoms with Crippen LogP contribution in [0.2, 0.25) is 5.15 Å². The van der Waals surface area contributed by atoms with Crippen LogP contribution in [0.5, 0.6) is 0 Å². The Morgan fingerprint density at radius 3 is 2.63 bits per heavy atom. The smallest absolute Gasteiger partial charge is 0.129 e. The molecule has 2 heterocycles. The molecule has 1 aromatic heterocycles. The molecule has 0 saturated carbocycles. The largest absolute Gasteiger partial charge is 0.302 e. The summed E-state index contributed by atoms with van der Waals surface area (Å²) in [6.45, 7) is 2.08. The van der Waals surface area contributed by atoms with Crippen LogP contribution in [0.1, 0.15) is 29.2 Å². The van der Waals surface area contributed by atoms with E-state index < -0.39 is 0 Å². The molecule has 0 fully saturated rings. The van der Waals surface area contributed by atoms with Crippen molar-refractivity contribution in [1.82, 2.24) is 10.4 Å². The van der Waals surface area contributed by atoms with Gasteiger partial charge in [-0.25, -0.2) is 4.98 Å².